The number of nitrogens with two attached hydrogens (primary N) is 1. The van der Waals surface area contributed by atoms with Crippen molar-refractivity contribution in [2.75, 3.05) is 40.2 Å². The average molecular weight is 1230 g/mol. The Hall–Kier alpha value is -6.85. The summed E-state index contributed by atoms with van der Waals surface area (Å²) in [7, 11) is 6.00. The predicted molar refractivity (Wildman–Crippen MR) is 314 cm³/mol. The van der Waals surface area contributed by atoms with E-state index in [1.165, 1.54) is 48.6 Å². The second-order valence-corrected chi connectivity index (χ2v) is 23.5. The van der Waals surface area contributed by atoms with Crippen molar-refractivity contribution in [3.63, 3.8) is 0 Å². The number of hydrogen-bond donors (Lipinski definition) is 9. The van der Waals surface area contributed by atoms with Gasteiger partial charge in [-0.2, -0.15) is 0 Å². The number of carboxylic acids is 1. The van der Waals surface area contributed by atoms with Crippen molar-refractivity contribution < 1.29 is 82.5 Å². The summed E-state index contributed by atoms with van der Waals surface area (Å²) >= 11 is 1.46. The van der Waals surface area contributed by atoms with Gasteiger partial charge in [0.25, 0.3) is 0 Å². The number of aliphatic carboxylic acids is 1. The topological polar surface area (TPSA) is 360 Å². The van der Waals surface area contributed by atoms with E-state index in [9.17, 15) is 58.8 Å². The molecule has 26 nitrogen and oxygen atoms in total. The van der Waals surface area contributed by atoms with Crippen LogP contribution in [0.25, 0.3) is 0 Å². The molecule has 2 aliphatic heterocycles. The number of carbonyl (C=O) groups is 8. The Morgan fingerprint density at radius 3 is 2.13 bits per heavy atom. The highest BCUT2D eigenvalue weighted by atomic mass is 32.1. The third kappa shape index (κ3) is 18.1. The molecular formula is C59H87N9O17S. The molecule has 7 amide bonds. The lowest BCUT2D eigenvalue weighted by atomic mass is 9.89. The molecule has 86 heavy (non-hydrogen) atoms. The minimum Gasteiger partial charge on any atom is -0.479 e. The SMILES string of the molecule is CCC(C)[C@@H]([C@@H](CC(=O)N1CCC[C@H]1[C@H](OC)[C@@H](C)C(=O)N[C@@H](Cc1ccccc1)c1nccs1)OC)N(C)C(=O)[C@@H](NC(=O)[C@H](C(C)C)N(C)C(=O)OCc1ccc(O[C@@H]2OC(C(=O)O)[C@@H](O)[C@H](O)C2O)c(NC(=O)CCC(=O)NN)c1)C(C)C. The van der Waals surface area contributed by atoms with E-state index in [1.807, 2.05) is 55.0 Å². The number of hydrogen-bond acceptors (Lipinski definition) is 19. The molecule has 5 rings (SSSR count). The Morgan fingerprint density at radius 1 is 0.849 bits per heavy atom. The highest BCUT2D eigenvalue weighted by molar-refractivity contribution is 7.09. The van der Waals surface area contributed by atoms with Crippen molar-refractivity contribution >= 4 is 64.5 Å². The number of likely N-dealkylation sites (tertiary alicyclic amines) is 1. The van der Waals surface area contributed by atoms with E-state index in [1.54, 1.807) is 59.9 Å². The van der Waals surface area contributed by atoms with Crippen LogP contribution in [0.1, 0.15) is 109 Å². The number of likely N-dealkylation sites (N-methyl/N-ethyl adjacent to an activating group) is 2. The summed E-state index contributed by atoms with van der Waals surface area (Å²) in [6.07, 6.45) is -8.87. The molecule has 10 N–H and O–H groups in total. The second kappa shape index (κ2) is 32.8. The van der Waals surface area contributed by atoms with Crippen LogP contribution in [0.5, 0.6) is 5.75 Å². The number of anilines is 1. The number of aliphatic hydroxyl groups excluding tert-OH is 3. The summed E-state index contributed by atoms with van der Waals surface area (Å²) in [6.45, 7) is 12.7. The minimum atomic E-state index is -2.01. The first-order chi connectivity index (χ1) is 40.8. The molecule has 476 valence electrons. The minimum absolute atomic E-state index is 0.102. The summed E-state index contributed by atoms with van der Waals surface area (Å²) < 4.78 is 28.8. The lowest BCUT2D eigenvalue weighted by molar-refractivity contribution is -0.271. The Balaban J connectivity index is 1.27. The van der Waals surface area contributed by atoms with Crippen molar-refractivity contribution in [1.29, 1.82) is 0 Å². The van der Waals surface area contributed by atoms with Crippen LogP contribution in [0.2, 0.25) is 0 Å². The summed E-state index contributed by atoms with van der Waals surface area (Å²) in [5.74, 6) is -1.51. The molecule has 1 aromatic heterocycles. The van der Waals surface area contributed by atoms with E-state index in [0.717, 1.165) is 15.5 Å². The highest BCUT2D eigenvalue weighted by Crippen LogP contribution is 2.34. The molecule has 0 radical (unpaired) electrons. The standard InChI is InChI=1S/C59H87N9O17S/c1-12-33(6)47(41(81-10)29-44(71)68-25-16-19-39(68)51(82-11)34(7)53(75)63-38(55-61-24-26-86-55)27-35-17-14-13-15-18-35)66(8)56(77)45(31(2)3)64-54(76)46(32(4)5)67(9)59(80)83-30-36-20-21-40(37(28-36)62-42(69)22-23-43(70)65-60)84-58-50(74)48(72)49(73)52(85-58)57(78)79/h13-15,17-18,20-21,24,26,28,31-34,38-39,41,45-52,58,72-74H,12,16,19,22-23,25,27,29-30,60H2,1-11H3,(H,62,69)(H,63,75)(H,64,76)(H,65,70)(H,78,79)/t33?,34-,38+,39+,41-,45+,46+,47+,48+,49+,50?,51-,52?,58-/m1/s1. The molecule has 3 aromatic rings. The monoisotopic (exact) mass is 1230 g/mol. The first kappa shape index (κ1) is 69.9. The molecule has 14 atom stereocenters. The Kier molecular flexibility index (Phi) is 26.6. The van der Waals surface area contributed by atoms with Gasteiger partial charge in [0.2, 0.25) is 41.7 Å². The first-order valence-corrected chi connectivity index (χ1v) is 29.7. The number of rotatable bonds is 30. The smallest absolute Gasteiger partial charge is 0.410 e. The van der Waals surface area contributed by atoms with Crippen LogP contribution in [0.3, 0.4) is 0 Å². The molecule has 0 bridgehead atoms. The molecule has 0 saturated carbocycles. The number of nitrogens with zero attached hydrogens (tertiary/aromatic N) is 4. The van der Waals surface area contributed by atoms with Crippen molar-refractivity contribution in [2.45, 2.75) is 173 Å². The number of ether oxygens (including phenoxy) is 5. The van der Waals surface area contributed by atoms with Gasteiger partial charge < -0.3 is 69.9 Å². The van der Waals surface area contributed by atoms with Gasteiger partial charge in [0.15, 0.2) is 6.10 Å². The van der Waals surface area contributed by atoms with Crippen LogP contribution in [-0.4, -0.2) is 190 Å². The third-order valence-corrected chi connectivity index (χ3v) is 16.8. The fourth-order valence-electron chi connectivity index (χ4n) is 11.0. The second-order valence-electron chi connectivity index (χ2n) is 22.6. The molecule has 2 aliphatic rings. The number of nitrogens with one attached hydrogen (secondary N) is 4. The maximum atomic E-state index is 14.8. The quantitative estimate of drug-likeness (QED) is 0.0263. The number of aliphatic hydroxyl groups is 3. The van der Waals surface area contributed by atoms with Crippen LogP contribution in [0.4, 0.5) is 10.5 Å². The fraction of sp³-hybridized carbons (Fsp3) is 0.610. The van der Waals surface area contributed by atoms with Gasteiger partial charge in [0.05, 0.1) is 48.4 Å². The van der Waals surface area contributed by atoms with E-state index in [0.29, 0.717) is 32.2 Å². The molecular weight excluding hydrogens is 1140 g/mol. The van der Waals surface area contributed by atoms with Gasteiger partial charge in [-0.05, 0) is 60.3 Å². The van der Waals surface area contributed by atoms with Crippen LogP contribution < -0.4 is 32.0 Å². The van der Waals surface area contributed by atoms with Gasteiger partial charge in [0.1, 0.15) is 47.8 Å². The van der Waals surface area contributed by atoms with Crippen LogP contribution >= 0.6 is 11.3 Å². The van der Waals surface area contributed by atoms with E-state index in [4.69, 9.17) is 29.5 Å². The molecule has 3 unspecified atom stereocenters. The molecule has 2 saturated heterocycles. The van der Waals surface area contributed by atoms with E-state index in [-0.39, 0.29) is 60.0 Å². The number of methoxy groups -OCH3 is 2. The van der Waals surface area contributed by atoms with E-state index < -0.39 is 127 Å². The maximum absolute atomic E-state index is 14.8. The van der Waals surface area contributed by atoms with Gasteiger partial charge >= 0.3 is 12.1 Å². The number of benzene rings is 2. The largest absolute Gasteiger partial charge is 0.479 e. The first-order valence-electron chi connectivity index (χ1n) is 28.8. The number of thiazole rings is 1. The van der Waals surface area contributed by atoms with Crippen molar-refractivity contribution in [1.82, 2.24) is 35.7 Å². The van der Waals surface area contributed by atoms with Gasteiger partial charge in [-0.1, -0.05) is 91.3 Å². The third-order valence-electron chi connectivity index (χ3n) is 15.9. The van der Waals surface area contributed by atoms with Gasteiger partial charge in [-0.25, -0.2) is 20.4 Å². The lowest BCUT2D eigenvalue weighted by Crippen LogP contribution is -2.61. The summed E-state index contributed by atoms with van der Waals surface area (Å²) in [5, 5.41) is 52.0. The lowest BCUT2D eigenvalue weighted by Gasteiger charge is -2.41. The van der Waals surface area contributed by atoms with Crippen molar-refractivity contribution in [2.24, 2.45) is 29.5 Å². The summed E-state index contributed by atoms with van der Waals surface area (Å²) in [6, 6.07) is 10.1. The number of carbonyl (C=O) groups excluding carboxylic acids is 7. The zero-order chi connectivity index (χ0) is 63.7. The maximum Gasteiger partial charge on any atom is 0.410 e. The number of amides is 7. The van der Waals surface area contributed by atoms with Gasteiger partial charge in [0, 0.05) is 59.3 Å². The molecule has 0 spiro atoms. The Bertz CT molecular complexity index is 2740. The molecule has 27 heteroatoms. The molecule has 3 heterocycles. The van der Waals surface area contributed by atoms with Crippen LogP contribution in [0, 0.1) is 23.7 Å². The average Bonchev–Trinajstić information content (AvgIpc) is 1.85. The molecule has 0 aliphatic carbocycles. The number of carboxylic acid groups (broad SMARTS) is 1. The Labute approximate surface area is 505 Å². The number of aromatic nitrogens is 1. The summed E-state index contributed by atoms with van der Waals surface area (Å²) in [5.41, 5.74) is 3.07. The van der Waals surface area contributed by atoms with Gasteiger partial charge in [-0.3, -0.25) is 39.1 Å². The Morgan fingerprint density at radius 2 is 1.53 bits per heavy atom. The zero-order valence-electron chi connectivity index (χ0n) is 50.7. The zero-order valence-corrected chi connectivity index (χ0v) is 51.6. The number of hydrazine groups is 1. The van der Waals surface area contributed by atoms with Crippen LogP contribution in [0.15, 0.2) is 60.1 Å². The van der Waals surface area contributed by atoms with Gasteiger partial charge in [-0.15, -0.1) is 11.3 Å². The molecule has 2 aromatic carbocycles. The fourth-order valence-corrected chi connectivity index (χ4v) is 11.7. The normalized spacial score (nSPS) is 21.4. The molecule has 2 fully saturated rings. The van der Waals surface area contributed by atoms with Crippen LogP contribution in [-0.2, 0) is 65.5 Å². The van der Waals surface area contributed by atoms with Crippen molar-refractivity contribution in [3.05, 3.63) is 76.2 Å². The van der Waals surface area contributed by atoms with E-state index in [2.05, 4.69) is 20.9 Å². The van der Waals surface area contributed by atoms with E-state index >= 15 is 0 Å². The van der Waals surface area contributed by atoms with Crippen molar-refractivity contribution in [3.8, 4) is 5.75 Å². The predicted octanol–water partition coefficient (Wildman–Crippen LogP) is 2.88. The summed E-state index contributed by atoms with van der Waals surface area (Å²) in [4.78, 5) is 117. The highest BCUT2D eigenvalue weighted by Gasteiger charge is 2.49.